The quantitative estimate of drug-likeness (QED) is 0.608. The highest BCUT2D eigenvalue weighted by Gasteiger charge is 2.05. The van der Waals surface area contributed by atoms with Gasteiger partial charge in [-0.15, -0.1) is 0 Å². The number of aromatic nitrogens is 2. The van der Waals surface area contributed by atoms with Crippen molar-refractivity contribution < 1.29 is 17.0 Å². The van der Waals surface area contributed by atoms with Crippen LogP contribution >= 0.6 is 0 Å². The van der Waals surface area contributed by atoms with Gasteiger partial charge in [-0.25, -0.2) is 9.13 Å². The van der Waals surface area contributed by atoms with Crippen molar-refractivity contribution >= 4 is 0 Å². The Morgan fingerprint density at radius 1 is 0.905 bits per heavy atom. The van der Waals surface area contributed by atoms with E-state index in [0.29, 0.717) is 0 Å². The summed E-state index contributed by atoms with van der Waals surface area (Å²) in [5.74, 6) is 0. The molecular weight excluding hydrogens is 280 g/mol. The van der Waals surface area contributed by atoms with E-state index in [1.807, 2.05) is 0 Å². The van der Waals surface area contributed by atoms with Gasteiger partial charge in [-0.1, -0.05) is 60.2 Å². The van der Waals surface area contributed by atoms with Gasteiger partial charge in [0.1, 0.15) is 25.5 Å². The first kappa shape index (κ1) is 15.3. The van der Waals surface area contributed by atoms with E-state index in [1.54, 1.807) is 0 Å². The van der Waals surface area contributed by atoms with Gasteiger partial charge in [-0.05, 0) is 18.1 Å². The van der Waals surface area contributed by atoms with Crippen LogP contribution in [0, 0.1) is 6.92 Å². The van der Waals surface area contributed by atoms with Crippen LogP contribution < -0.4 is 17.0 Å². The van der Waals surface area contributed by atoms with Crippen molar-refractivity contribution in [2.24, 2.45) is 0 Å². The van der Waals surface area contributed by atoms with Gasteiger partial charge in [-0.2, -0.15) is 0 Å². The van der Waals surface area contributed by atoms with Crippen LogP contribution in [0.1, 0.15) is 16.7 Å². The molecule has 0 saturated heterocycles. The Labute approximate surface area is 132 Å². The fourth-order valence-electron chi connectivity index (χ4n) is 2.32. The van der Waals surface area contributed by atoms with Crippen LogP contribution in [0.4, 0.5) is 0 Å². The van der Waals surface area contributed by atoms with Crippen LogP contribution in [-0.4, -0.2) is 4.57 Å². The normalized spacial score (nSPS) is 10.1. The Balaban J connectivity index is 0.00000161. The number of hydrogen-bond donors (Lipinski definition) is 0. The molecule has 0 amide bonds. The van der Waals surface area contributed by atoms with Gasteiger partial charge >= 0.3 is 0 Å². The molecule has 2 aromatic carbocycles. The van der Waals surface area contributed by atoms with E-state index < -0.39 is 0 Å². The topological polar surface area (TPSA) is 8.81 Å². The van der Waals surface area contributed by atoms with E-state index in [9.17, 15) is 0 Å². The molecule has 0 radical (unpaired) electrons. The third-order valence-electron chi connectivity index (χ3n) is 3.44. The molecule has 0 N–H and O–H groups in total. The second-order valence-electron chi connectivity index (χ2n) is 5.23. The number of rotatable bonds is 4. The maximum Gasteiger partial charge on any atom is 0.244 e. The van der Waals surface area contributed by atoms with Crippen molar-refractivity contribution in [2.45, 2.75) is 20.0 Å². The van der Waals surface area contributed by atoms with E-state index in [4.69, 9.17) is 0 Å². The summed E-state index contributed by atoms with van der Waals surface area (Å²) in [6, 6.07) is 19.2. The average molecular weight is 299 g/mol. The summed E-state index contributed by atoms with van der Waals surface area (Å²) in [5.41, 5.74) is 3.96. The molecule has 0 aliphatic heterocycles. The molecule has 0 saturated carbocycles. The number of hydrogen-bond acceptors (Lipinski definition) is 0. The third kappa shape index (κ3) is 4.20. The molecule has 0 fully saturated rings. The predicted octanol–water partition coefficient (Wildman–Crippen LogP) is 0.185. The monoisotopic (exact) mass is 298 g/mol. The summed E-state index contributed by atoms with van der Waals surface area (Å²) in [6.07, 6.45) is 6.41. The maximum atomic E-state index is 2.22. The van der Waals surface area contributed by atoms with Gasteiger partial charge in [0.2, 0.25) is 6.33 Å². The molecule has 3 aromatic rings. The van der Waals surface area contributed by atoms with E-state index in [-0.39, 0.29) is 12.4 Å². The van der Waals surface area contributed by atoms with E-state index in [1.165, 1.54) is 16.7 Å². The fraction of sp³-hybridized carbons (Fsp3) is 0.167. The number of nitrogens with zero attached hydrogens (tertiary/aromatic N) is 2. The minimum absolute atomic E-state index is 0. The number of halogens is 1. The summed E-state index contributed by atoms with van der Waals surface area (Å²) in [7, 11) is 0. The lowest BCUT2D eigenvalue weighted by atomic mass is 10.1. The summed E-state index contributed by atoms with van der Waals surface area (Å²) in [6.45, 7) is 3.96. The van der Waals surface area contributed by atoms with Gasteiger partial charge in [0.15, 0.2) is 0 Å². The molecule has 1 heterocycles. The Morgan fingerprint density at radius 3 is 2.33 bits per heavy atom. The van der Waals surface area contributed by atoms with Crippen molar-refractivity contribution in [1.29, 1.82) is 0 Å². The van der Waals surface area contributed by atoms with Crippen molar-refractivity contribution in [1.82, 2.24) is 4.57 Å². The number of aryl methyl sites for hydroxylation is 1. The van der Waals surface area contributed by atoms with Crippen molar-refractivity contribution in [3.63, 3.8) is 0 Å². The lowest BCUT2D eigenvalue weighted by Crippen LogP contribution is -3.00. The van der Waals surface area contributed by atoms with Gasteiger partial charge in [0, 0.05) is 0 Å². The SMILES string of the molecule is Cc1ccc(Cn2cc[n+](Cc3ccccc3)c2)cc1.[Cl-]. The van der Waals surface area contributed by atoms with E-state index >= 15 is 0 Å². The molecule has 108 valence electrons. The summed E-state index contributed by atoms with van der Waals surface area (Å²) >= 11 is 0. The second-order valence-corrected chi connectivity index (χ2v) is 5.23. The fourth-order valence-corrected chi connectivity index (χ4v) is 2.32. The van der Waals surface area contributed by atoms with Gasteiger partial charge in [0.05, 0.1) is 0 Å². The van der Waals surface area contributed by atoms with Crippen LogP contribution in [0.3, 0.4) is 0 Å². The van der Waals surface area contributed by atoms with Crippen molar-refractivity contribution in [2.75, 3.05) is 0 Å². The largest absolute Gasteiger partial charge is 1.00 e. The second kappa shape index (κ2) is 7.09. The number of benzene rings is 2. The van der Waals surface area contributed by atoms with E-state index in [0.717, 1.165) is 13.1 Å². The average Bonchev–Trinajstić information content (AvgIpc) is 2.90. The minimum Gasteiger partial charge on any atom is -1.00 e. The highest BCUT2D eigenvalue weighted by molar-refractivity contribution is 5.21. The molecule has 0 bridgehead atoms. The molecule has 0 atom stereocenters. The Hall–Kier alpha value is -2.06. The van der Waals surface area contributed by atoms with Crippen LogP contribution in [0.25, 0.3) is 0 Å². The first-order chi connectivity index (χ1) is 9.79. The molecule has 3 rings (SSSR count). The third-order valence-corrected chi connectivity index (χ3v) is 3.44. The van der Waals surface area contributed by atoms with Crippen LogP contribution in [0.2, 0.25) is 0 Å². The first-order valence-electron chi connectivity index (χ1n) is 6.94. The lowest BCUT2D eigenvalue weighted by molar-refractivity contribution is -0.687. The molecule has 21 heavy (non-hydrogen) atoms. The van der Waals surface area contributed by atoms with Crippen molar-refractivity contribution in [3.8, 4) is 0 Å². The maximum absolute atomic E-state index is 2.22. The zero-order valence-electron chi connectivity index (χ0n) is 12.1. The number of imidazole rings is 1. The summed E-state index contributed by atoms with van der Waals surface area (Å²) in [4.78, 5) is 0. The molecule has 0 aliphatic carbocycles. The first-order valence-corrected chi connectivity index (χ1v) is 6.94. The molecule has 0 unspecified atom stereocenters. The van der Waals surface area contributed by atoms with Crippen LogP contribution in [0.5, 0.6) is 0 Å². The predicted molar refractivity (Wildman–Crippen MR) is 80.5 cm³/mol. The zero-order valence-corrected chi connectivity index (χ0v) is 12.9. The Kier molecular flexibility index (Phi) is 5.18. The molecule has 2 nitrogen and oxygen atoms in total. The highest BCUT2D eigenvalue weighted by atomic mass is 35.5. The van der Waals surface area contributed by atoms with Crippen LogP contribution in [-0.2, 0) is 13.1 Å². The van der Waals surface area contributed by atoms with Crippen LogP contribution in [0.15, 0.2) is 73.3 Å². The minimum atomic E-state index is 0. The molecular formula is C18H19ClN2. The molecule has 0 spiro atoms. The lowest BCUT2D eigenvalue weighted by Gasteiger charge is -1.99. The van der Waals surface area contributed by atoms with Gasteiger partial charge in [-0.3, -0.25) is 0 Å². The Bertz CT molecular complexity index is 672. The van der Waals surface area contributed by atoms with Crippen molar-refractivity contribution in [3.05, 3.63) is 90.0 Å². The van der Waals surface area contributed by atoms with E-state index in [2.05, 4.69) is 89.4 Å². The molecule has 1 aromatic heterocycles. The molecule has 3 heteroatoms. The summed E-state index contributed by atoms with van der Waals surface area (Å²) in [5, 5.41) is 0. The van der Waals surface area contributed by atoms with Gasteiger partial charge in [0.25, 0.3) is 0 Å². The Morgan fingerprint density at radius 2 is 1.62 bits per heavy atom. The summed E-state index contributed by atoms with van der Waals surface area (Å²) < 4.78 is 4.43. The zero-order chi connectivity index (χ0) is 13.8. The molecule has 0 aliphatic rings. The highest BCUT2D eigenvalue weighted by Crippen LogP contribution is 2.05. The smallest absolute Gasteiger partial charge is 0.244 e. The van der Waals surface area contributed by atoms with Gasteiger partial charge < -0.3 is 12.4 Å². The standard InChI is InChI=1S/C18H19N2.ClH/c1-16-7-9-18(10-8-16)14-20-12-11-19(15-20)13-17-5-3-2-4-6-17;/h2-12,15H,13-14H2,1H3;1H/q+1;/p-1.